The van der Waals surface area contributed by atoms with Gasteiger partial charge in [-0.2, -0.15) is 0 Å². The molecule has 5 heteroatoms. The molecule has 0 radical (unpaired) electrons. The number of rotatable bonds is 4. The van der Waals surface area contributed by atoms with Gasteiger partial charge in [0.05, 0.1) is 19.7 Å². The van der Waals surface area contributed by atoms with Crippen LogP contribution in [0, 0.1) is 17.8 Å². The van der Waals surface area contributed by atoms with Crippen LogP contribution >= 0.6 is 0 Å². The highest BCUT2D eigenvalue weighted by Crippen LogP contribution is 2.45. The summed E-state index contributed by atoms with van der Waals surface area (Å²) in [4.78, 5) is 18.4. The molecule has 1 aromatic rings. The van der Waals surface area contributed by atoms with E-state index in [0.717, 1.165) is 32.5 Å². The van der Waals surface area contributed by atoms with E-state index in [1.807, 2.05) is 23.1 Å². The van der Waals surface area contributed by atoms with E-state index < -0.39 is 0 Å². The lowest BCUT2D eigenvalue weighted by Gasteiger charge is -2.50. The molecule has 0 bridgehead atoms. The predicted molar refractivity (Wildman–Crippen MR) is 80.4 cm³/mol. The van der Waals surface area contributed by atoms with Crippen LogP contribution in [0.1, 0.15) is 19.8 Å². The summed E-state index contributed by atoms with van der Waals surface area (Å²) in [6, 6.07) is 5.67. The second-order valence-corrected chi connectivity index (χ2v) is 6.89. The van der Waals surface area contributed by atoms with E-state index >= 15 is 0 Å². The maximum Gasteiger partial charge on any atom is 0.226 e. The number of hydrogen-bond acceptors (Lipinski definition) is 4. The first-order valence-electron chi connectivity index (χ1n) is 8.14. The van der Waals surface area contributed by atoms with Crippen LogP contribution in [-0.2, 0) is 9.53 Å². The highest BCUT2D eigenvalue weighted by atomic mass is 16.5. The van der Waals surface area contributed by atoms with Crippen molar-refractivity contribution in [3.8, 4) is 5.88 Å². The number of carbonyl (C=O) groups is 1. The first kappa shape index (κ1) is 14.0. The van der Waals surface area contributed by atoms with Gasteiger partial charge in [0.2, 0.25) is 11.8 Å². The van der Waals surface area contributed by atoms with Crippen LogP contribution in [0.3, 0.4) is 0 Å². The summed E-state index contributed by atoms with van der Waals surface area (Å²) in [7, 11) is 0. The molecule has 0 unspecified atom stereocenters. The summed E-state index contributed by atoms with van der Waals surface area (Å²) < 4.78 is 11.8. The molecule has 5 nitrogen and oxygen atoms in total. The minimum Gasteiger partial charge on any atom is -0.477 e. The molecule has 3 atom stereocenters. The van der Waals surface area contributed by atoms with Crippen LogP contribution in [-0.4, -0.2) is 47.7 Å². The molecule has 3 aliphatic rings. The number of pyridine rings is 1. The quantitative estimate of drug-likeness (QED) is 0.850. The lowest BCUT2D eigenvalue weighted by atomic mass is 9.81. The maximum absolute atomic E-state index is 12.3. The van der Waals surface area contributed by atoms with Gasteiger partial charge in [0, 0.05) is 30.7 Å². The number of amides is 1. The first-order chi connectivity index (χ1) is 10.7. The van der Waals surface area contributed by atoms with Crippen molar-refractivity contribution in [2.75, 3.05) is 26.3 Å². The van der Waals surface area contributed by atoms with Gasteiger partial charge in [-0.05, 0) is 24.8 Å². The van der Waals surface area contributed by atoms with E-state index in [-0.39, 0.29) is 11.5 Å². The Morgan fingerprint density at radius 2 is 2.32 bits per heavy atom. The zero-order valence-corrected chi connectivity index (χ0v) is 12.9. The van der Waals surface area contributed by atoms with E-state index in [2.05, 4.69) is 11.9 Å². The average Bonchev–Trinajstić information content (AvgIpc) is 3.08. The fraction of sp³-hybridized carbons (Fsp3) is 0.647. The Hall–Kier alpha value is -1.62. The van der Waals surface area contributed by atoms with Gasteiger partial charge < -0.3 is 14.4 Å². The summed E-state index contributed by atoms with van der Waals surface area (Å²) in [6.07, 6.45) is 3.78. The maximum atomic E-state index is 12.3. The molecule has 0 aromatic carbocycles. The second-order valence-electron chi connectivity index (χ2n) is 6.89. The van der Waals surface area contributed by atoms with Gasteiger partial charge in [-0.1, -0.05) is 13.0 Å². The fourth-order valence-electron chi connectivity index (χ4n) is 3.64. The average molecular weight is 302 g/mol. The van der Waals surface area contributed by atoms with Crippen molar-refractivity contribution >= 4 is 5.91 Å². The number of likely N-dealkylation sites (tertiary alicyclic amines) is 1. The summed E-state index contributed by atoms with van der Waals surface area (Å²) in [6.45, 7) is 4.97. The minimum absolute atomic E-state index is 0.178. The second kappa shape index (κ2) is 5.23. The predicted octanol–water partition coefficient (Wildman–Crippen LogP) is 1.73. The largest absolute Gasteiger partial charge is 0.477 e. The summed E-state index contributed by atoms with van der Waals surface area (Å²) in [5, 5.41) is 0. The third kappa shape index (κ3) is 2.37. The number of nitrogens with zero attached hydrogens (tertiary/aromatic N) is 2. The molecule has 118 valence electrons. The Morgan fingerprint density at radius 1 is 1.50 bits per heavy atom. The molecule has 0 N–H and O–H groups in total. The molecule has 4 rings (SSSR count). The molecule has 2 saturated heterocycles. The summed E-state index contributed by atoms with van der Waals surface area (Å²) in [5.74, 6) is 2.15. The molecule has 1 aromatic heterocycles. The van der Waals surface area contributed by atoms with Crippen LogP contribution in [0.4, 0.5) is 0 Å². The highest BCUT2D eigenvalue weighted by molar-refractivity contribution is 5.82. The van der Waals surface area contributed by atoms with Gasteiger partial charge >= 0.3 is 0 Å². The molecular formula is C17H22N2O3. The van der Waals surface area contributed by atoms with Crippen LogP contribution in [0.2, 0.25) is 0 Å². The molecular weight excluding hydrogens is 280 g/mol. The number of carbonyl (C=O) groups excluding carboxylic acids is 1. The van der Waals surface area contributed by atoms with Crippen LogP contribution in [0.25, 0.3) is 0 Å². The Kier molecular flexibility index (Phi) is 3.33. The lowest BCUT2D eigenvalue weighted by Crippen LogP contribution is -2.67. The van der Waals surface area contributed by atoms with Crippen molar-refractivity contribution in [2.24, 2.45) is 17.8 Å². The van der Waals surface area contributed by atoms with Crippen molar-refractivity contribution in [3.63, 3.8) is 0 Å². The normalized spacial score (nSPS) is 31.9. The molecule has 1 spiro atoms. The number of hydrogen-bond donors (Lipinski definition) is 0. The first-order valence-corrected chi connectivity index (χ1v) is 8.14. The van der Waals surface area contributed by atoms with Crippen LogP contribution < -0.4 is 4.74 Å². The van der Waals surface area contributed by atoms with Crippen molar-refractivity contribution in [1.82, 2.24) is 9.88 Å². The van der Waals surface area contributed by atoms with E-state index in [1.165, 1.54) is 0 Å². The monoisotopic (exact) mass is 302 g/mol. The van der Waals surface area contributed by atoms with Gasteiger partial charge in [0.15, 0.2) is 0 Å². The van der Waals surface area contributed by atoms with Crippen LogP contribution in [0.5, 0.6) is 5.88 Å². The molecule has 1 amide bonds. The van der Waals surface area contributed by atoms with Gasteiger partial charge in [-0.15, -0.1) is 0 Å². The molecule has 1 aliphatic carbocycles. The van der Waals surface area contributed by atoms with E-state index in [0.29, 0.717) is 30.2 Å². The lowest BCUT2D eigenvalue weighted by molar-refractivity contribution is -0.168. The van der Waals surface area contributed by atoms with Crippen LogP contribution in [0.15, 0.2) is 24.4 Å². The molecule has 3 heterocycles. The van der Waals surface area contributed by atoms with Crippen molar-refractivity contribution in [3.05, 3.63) is 24.4 Å². The zero-order chi connectivity index (χ0) is 15.2. The number of aromatic nitrogens is 1. The molecule has 1 saturated carbocycles. The van der Waals surface area contributed by atoms with Crippen molar-refractivity contribution in [1.29, 1.82) is 0 Å². The van der Waals surface area contributed by atoms with Gasteiger partial charge in [-0.3, -0.25) is 4.79 Å². The Labute approximate surface area is 130 Å². The Bertz CT molecular complexity index is 556. The van der Waals surface area contributed by atoms with E-state index in [9.17, 15) is 4.79 Å². The Morgan fingerprint density at radius 3 is 3.00 bits per heavy atom. The third-order valence-corrected chi connectivity index (χ3v) is 5.33. The minimum atomic E-state index is -0.178. The Balaban J connectivity index is 1.33. The topological polar surface area (TPSA) is 51.7 Å². The third-order valence-electron chi connectivity index (χ3n) is 5.33. The smallest absolute Gasteiger partial charge is 0.226 e. The summed E-state index contributed by atoms with van der Waals surface area (Å²) >= 11 is 0. The highest BCUT2D eigenvalue weighted by Gasteiger charge is 2.56. The standard InChI is InChI=1S/C17H22N2O3/c1-12-8-14(12)16(20)19-10-17(11-19)13(5-7-22-17)9-21-15-4-2-3-6-18-15/h2-4,6,12-14H,5,7-11H2,1H3/t12-,13+,14+/m1/s1. The molecule has 22 heavy (non-hydrogen) atoms. The van der Waals surface area contributed by atoms with Gasteiger partial charge in [0.1, 0.15) is 5.60 Å². The van der Waals surface area contributed by atoms with Gasteiger partial charge in [0.25, 0.3) is 0 Å². The molecule has 3 fully saturated rings. The number of ether oxygens (including phenoxy) is 2. The zero-order valence-electron chi connectivity index (χ0n) is 12.9. The summed E-state index contributed by atoms with van der Waals surface area (Å²) in [5.41, 5.74) is -0.178. The van der Waals surface area contributed by atoms with Crippen molar-refractivity contribution < 1.29 is 14.3 Å². The molecule has 2 aliphatic heterocycles. The van der Waals surface area contributed by atoms with E-state index in [4.69, 9.17) is 9.47 Å². The van der Waals surface area contributed by atoms with E-state index in [1.54, 1.807) is 6.20 Å². The van der Waals surface area contributed by atoms with Crippen molar-refractivity contribution in [2.45, 2.75) is 25.4 Å². The SMILES string of the molecule is C[C@@H]1C[C@@H]1C(=O)N1CC2(C1)OCC[C@H]2COc1ccccn1. The van der Waals surface area contributed by atoms with Gasteiger partial charge in [-0.25, -0.2) is 4.98 Å². The fourth-order valence-corrected chi connectivity index (χ4v) is 3.64.